The van der Waals surface area contributed by atoms with E-state index in [2.05, 4.69) is 73.6 Å². The third-order valence-corrected chi connectivity index (χ3v) is 5.22. The maximum absolute atomic E-state index is 12.9. The van der Waals surface area contributed by atoms with E-state index in [1.54, 1.807) is 6.20 Å². The lowest BCUT2D eigenvalue weighted by molar-refractivity contribution is -0.115. The molecule has 4 heteroatoms. The Morgan fingerprint density at radius 1 is 0.833 bits per heavy atom. The summed E-state index contributed by atoms with van der Waals surface area (Å²) in [6.45, 7) is 8.81. The minimum Gasteiger partial charge on any atom is -0.324 e. The van der Waals surface area contributed by atoms with Gasteiger partial charge >= 0.3 is 0 Å². The average Bonchev–Trinajstić information content (AvgIpc) is 2.75. The molecule has 1 unspecified atom stereocenters. The second-order valence-corrected chi connectivity index (χ2v) is 8.15. The number of hydrogen-bond acceptors (Lipinski definition) is 3. The van der Waals surface area contributed by atoms with Crippen LogP contribution in [0.1, 0.15) is 68.0 Å². The molecule has 0 bridgehead atoms. The van der Waals surface area contributed by atoms with E-state index in [9.17, 15) is 4.79 Å². The summed E-state index contributed by atoms with van der Waals surface area (Å²) in [6, 6.07) is 22.1. The number of amides is 1. The van der Waals surface area contributed by atoms with Crippen LogP contribution in [0.2, 0.25) is 0 Å². The van der Waals surface area contributed by atoms with Crippen molar-refractivity contribution in [1.82, 2.24) is 10.3 Å². The minimum absolute atomic E-state index is 0.0538. The van der Waals surface area contributed by atoms with Crippen LogP contribution in [0.5, 0.6) is 0 Å². The molecule has 0 fully saturated rings. The first kappa shape index (κ1) is 21.7. The summed E-state index contributed by atoms with van der Waals surface area (Å²) < 4.78 is 0. The average molecular weight is 402 g/mol. The highest BCUT2D eigenvalue weighted by Gasteiger charge is 2.19. The lowest BCUT2D eigenvalue weighted by Crippen LogP contribution is -2.32. The number of pyridine rings is 1. The molecule has 30 heavy (non-hydrogen) atoms. The van der Waals surface area contributed by atoms with Crippen LogP contribution in [0, 0.1) is 0 Å². The van der Waals surface area contributed by atoms with Gasteiger partial charge in [-0.25, -0.2) is 0 Å². The Labute approximate surface area is 179 Å². The van der Waals surface area contributed by atoms with Crippen molar-refractivity contribution in [3.8, 4) is 0 Å². The van der Waals surface area contributed by atoms with Crippen LogP contribution in [-0.2, 0) is 4.79 Å². The van der Waals surface area contributed by atoms with Crippen LogP contribution < -0.4 is 10.6 Å². The molecule has 2 aromatic carbocycles. The summed E-state index contributed by atoms with van der Waals surface area (Å²) >= 11 is 0. The maximum Gasteiger partial charge on any atom is 0.238 e. The lowest BCUT2D eigenvalue weighted by atomic mass is 9.92. The van der Waals surface area contributed by atoms with Crippen LogP contribution in [-0.4, -0.2) is 17.4 Å². The molecule has 0 saturated carbocycles. The largest absolute Gasteiger partial charge is 0.324 e. The first-order valence-electron chi connectivity index (χ1n) is 10.6. The zero-order chi connectivity index (χ0) is 21.5. The van der Waals surface area contributed by atoms with Gasteiger partial charge in [-0.1, -0.05) is 82.3 Å². The van der Waals surface area contributed by atoms with Gasteiger partial charge < -0.3 is 5.32 Å². The predicted octanol–water partition coefficient (Wildman–Crippen LogP) is 5.65. The standard InChI is InChI=1S/C26H31N3O/c1-18(2)21-13-10-14-22(19(3)4)26(21)29-24(30)17-28-25(20-11-6-5-7-12-20)23-15-8-9-16-27-23/h5-16,18-19,25,28H,17H2,1-4H3,(H,29,30). The van der Waals surface area contributed by atoms with Crippen LogP contribution in [0.3, 0.4) is 0 Å². The molecule has 2 N–H and O–H groups in total. The lowest BCUT2D eigenvalue weighted by Gasteiger charge is -2.22. The first-order valence-corrected chi connectivity index (χ1v) is 10.6. The van der Waals surface area contributed by atoms with Crippen molar-refractivity contribution in [2.75, 3.05) is 11.9 Å². The van der Waals surface area contributed by atoms with Gasteiger partial charge in [-0.2, -0.15) is 0 Å². The third kappa shape index (κ3) is 5.33. The van der Waals surface area contributed by atoms with Gasteiger partial charge in [0.1, 0.15) is 0 Å². The number of hydrogen-bond donors (Lipinski definition) is 2. The van der Waals surface area contributed by atoms with Crippen molar-refractivity contribution < 1.29 is 4.79 Å². The Bertz CT molecular complexity index is 887. The molecule has 0 saturated heterocycles. The maximum atomic E-state index is 12.9. The topological polar surface area (TPSA) is 54.0 Å². The van der Waals surface area contributed by atoms with Gasteiger partial charge in [-0.05, 0) is 40.7 Å². The minimum atomic E-state index is -0.150. The Kier molecular flexibility index (Phi) is 7.36. The second kappa shape index (κ2) is 10.2. The van der Waals surface area contributed by atoms with Gasteiger partial charge in [0, 0.05) is 11.9 Å². The molecule has 0 radical (unpaired) electrons. The van der Waals surface area contributed by atoms with Crippen LogP contribution in [0.4, 0.5) is 5.69 Å². The summed E-state index contributed by atoms with van der Waals surface area (Å²) in [6.07, 6.45) is 1.78. The van der Waals surface area contributed by atoms with E-state index >= 15 is 0 Å². The van der Waals surface area contributed by atoms with Crippen molar-refractivity contribution in [1.29, 1.82) is 0 Å². The highest BCUT2D eigenvalue weighted by molar-refractivity contribution is 5.94. The van der Waals surface area contributed by atoms with E-state index < -0.39 is 0 Å². The predicted molar refractivity (Wildman–Crippen MR) is 124 cm³/mol. The molecule has 1 atom stereocenters. The van der Waals surface area contributed by atoms with Gasteiger partial charge in [0.2, 0.25) is 5.91 Å². The number of carbonyl (C=O) groups excluding carboxylic acids is 1. The van der Waals surface area contributed by atoms with Crippen molar-refractivity contribution in [3.63, 3.8) is 0 Å². The third-order valence-electron chi connectivity index (χ3n) is 5.22. The van der Waals surface area contributed by atoms with E-state index in [4.69, 9.17) is 0 Å². The number of rotatable bonds is 8. The van der Waals surface area contributed by atoms with Crippen LogP contribution in [0.15, 0.2) is 72.9 Å². The number of para-hydroxylation sites is 1. The van der Waals surface area contributed by atoms with E-state index in [0.717, 1.165) is 16.9 Å². The molecule has 0 aliphatic carbocycles. The molecule has 0 aliphatic rings. The van der Waals surface area contributed by atoms with Crippen LogP contribution in [0.25, 0.3) is 0 Å². The van der Waals surface area contributed by atoms with Crippen molar-refractivity contribution in [2.24, 2.45) is 0 Å². The SMILES string of the molecule is CC(C)c1cccc(C(C)C)c1NC(=O)CNC(c1ccccc1)c1ccccn1. The van der Waals surface area contributed by atoms with Gasteiger partial charge in [-0.3, -0.25) is 15.1 Å². The highest BCUT2D eigenvalue weighted by Crippen LogP contribution is 2.32. The number of nitrogens with one attached hydrogen (secondary N) is 2. The highest BCUT2D eigenvalue weighted by atomic mass is 16.1. The summed E-state index contributed by atoms with van der Waals surface area (Å²) in [5.41, 5.74) is 5.25. The summed E-state index contributed by atoms with van der Waals surface area (Å²) in [5.74, 6) is 0.608. The normalized spacial score (nSPS) is 12.2. The summed E-state index contributed by atoms with van der Waals surface area (Å²) in [7, 11) is 0. The first-order chi connectivity index (χ1) is 14.5. The fourth-order valence-corrected chi connectivity index (χ4v) is 3.66. The molecule has 1 heterocycles. The molecule has 0 spiro atoms. The zero-order valence-corrected chi connectivity index (χ0v) is 18.2. The van der Waals surface area contributed by atoms with Gasteiger partial charge in [0.25, 0.3) is 0 Å². The second-order valence-electron chi connectivity index (χ2n) is 8.15. The fourth-order valence-electron chi connectivity index (χ4n) is 3.66. The summed E-state index contributed by atoms with van der Waals surface area (Å²) in [5, 5.41) is 6.57. The monoisotopic (exact) mass is 401 g/mol. The number of benzene rings is 2. The van der Waals surface area contributed by atoms with Gasteiger partial charge in [0.05, 0.1) is 18.3 Å². The van der Waals surface area contributed by atoms with Crippen LogP contribution >= 0.6 is 0 Å². The van der Waals surface area contributed by atoms with E-state index in [-0.39, 0.29) is 18.5 Å². The van der Waals surface area contributed by atoms with Crippen molar-refractivity contribution in [3.05, 3.63) is 95.3 Å². The molecule has 0 aliphatic heterocycles. The Balaban J connectivity index is 1.79. The quantitative estimate of drug-likeness (QED) is 0.513. The van der Waals surface area contributed by atoms with E-state index in [0.29, 0.717) is 11.8 Å². The molecule has 1 aromatic heterocycles. The number of carbonyl (C=O) groups is 1. The Morgan fingerprint density at radius 3 is 2.03 bits per heavy atom. The van der Waals surface area contributed by atoms with Gasteiger partial charge in [0.15, 0.2) is 0 Å². The molecule has 156 valence electrons. The van der Waals surface area contributed by atoms with Gasteiger partial charge in [-0.15, -0.1) is 0 Å². The van der Waals surface area contributed by atoms with E-state index in [1.807, 2.05) is 36.4 Å². The molecular weight excluding hydrogens is 370 g/mol. The summed E-state index contributed by atoms with van der Waals surface area (Å²) in [4.78, 5) is 17.4. The Hall–Kier alpha value is -2.98. The molecule has 3 rings (SSSR count). The fraction of sp³-hybridized carbons (Fsp3) is 0.308. The molecular formula is C26H31N3O. The zero-order valence-electron chi connectivity index (χ0n) is 18.2. The number of aromatic nitrogens is 1. The van der Waals surface area contributed by atoms with Crippen molar-refractivity contribution in [2.45, 2.75) is 45.6 Å². The smallest absolute Gasteiger partial charge is 0.238 e. The number of nitrogens with zero attached hydrogens (tertiary/aromatic N) is 1. The molecule has 3 aromatic rings. The molecule has 4 nitrogen and oxygen atoms in total. The van der Waals surface area contributed by atoms with E-state index in [1.165, 1.54) is 11.1 Å². The van der Waals surface area contributed by atoms with Crippen molar-refractivity contribution >= 4 is 11.6 Å². The Morgan fingerprint density at radius 2 is 1.47 bits per heavy atom. The molecule has 1 amide bonds. The number of anilines is 1.